The van der Waals surface area contributed by atoms with Crippen LogP contribution in [-0.2, 0) is 11.3 Å². The molecule has 0 saturated carbocycles. The molecule has 2 aromatic carbocycles. The summed E-state index contributed by atoms with van der Waals surface area (Å²) in [5, 5.41) is 3.01. The van der Waals surface area contributed by atoms with Crippen molar-refractivity contribution in [2.45, 2.75) is 39.8 Å². The normalized spacial score (nSPS) is 11.8. The number of aryl methyl sites for hydroxylation is 2. The van der Waals surface area contributed by atoms with Crippen LogP contribution in [0, 0.1) is 13.8 Å². The van der Waals surface area contributed by atoms with Gasteiger partial charge in [0.2, 0.25) is 0 Å². The molecule has 1 atom stereocenters. The number of benzene rings is 2. The maximum atomic E-state index is 12.6. The Kier molecular flexibility index (Phi) is 5.91. The fourth-order valence-corrected chi connectivity index (χ4v) is 3.00. The van der Waals surface area contributed by atoms with Gasteiger partial charge in [0.05, 0.1) is 5.69 Å². The third kappa shape index (κ3) is 4.56. The molecule has 27 heavy (non-hydrogen) atoms. The van der Waals surface area contributed by atoms with Gasteiger partial charge in [-0.25, -0.2) is 4.98 Å². The highest BCUT2D eigenvalue weighted by atomic mass is 16.5. The third-order valence-electron chi connectivity index (χ3n) is 4.46. The Hall–Kier alpha value is -3.08. The van der Waals surface area contributed by atoms with Gasteiger partial charge in [-0.15, -0.1) is 0 Å². The van der Waals surface area contributed by atoms with E-state index in [2.05, 4.69) is 10.3 Å². The van der Waals surface area contributed by atoms with Crippen molar-refractivity contribution in [1.29, 1.82) is 0 Å². The SMILES string of the molecule is CC[C@@H](Oc1cccc(C)c1)C(=O)NCc1ccccc1-n1ccnc1C. The molecule has 1 aromatic heterocycles. The molecule has 3 aromatic rings. The van der Waals surface area contributed by atoms with Gasteiger partial charge in [0, 0.05) is 18.9 Å². The Morgan fingerprint density at radius 1 is 1.19 bits per heavy atom. The zero-order valence-electron chi connectivity index (χ0n) is 16.0. The Balaban J connectivity index is 1.69. The molecule has 140 valence electrons. The molecule has 0 unspecified atom stereocenters. The van der Waals surface area contributed by atoms with Crippen LogP contribution in [0.4, 0.5) is 0 Å². The van der Waals surface area contributed by atoms with Crippen LogP contribution in [0.5, 0.6) is 5.75 Å². The van der Waals surface area contributed by atoms with Crippen molar-refractivity contribution in [3.8, 4) is 11.4 Å². The van der Waals surface area contributed by atoms with Gasteiger partial charge in [0.15, 0.2) is 6.10 Å². The second kappa shape index (κ2) is 8.54. The minimum absolute atomic E-state index is 0.115. The molecule has 0 bridgehead atoms. The van der Waals surface area contributed by atoms with Crippen LogP contribution in [-0.4, -0.2) is 21.6 Å². The van der Waals surface area contributed by atoms with E-state index in [1.807, 2.05) is 80.1 Å². The van der Waals surface area contributed by atoms with Gasteiger partial charge in [-0.1, -0.05) is 37.3 Å². The first kappa shape index (κ1) is 18.7. The van der Waals surface area contributed by atoms with Crippen LogP contribution < -0.4 is 10.1 Å². The highest BCUT2D eigenvalue weighted by Crippen LogP contribution is 2.17. The average Bonchev–Trinajstić information content (AvgIpc) is 3.10. The molecule has 3 rings (SSSR count). The molecule has 5 heteroatoms. The number of nitrogens with one attached hydrogen (secondary N) is 1. The number of hydrogen-bond donors (Lipinski definition) is 1. The van der Waals surface area contributed by atoms with E-state index < -0.39 is 6.10 Å². The lowest BCUT2D eigenvalue weighted by atomic mass is 10.1. The minimum atomic E-state index is -0.519. The highest BCUT2D eigenvalue weighted by molar-refractivity contribution is 5.81. The van der Waals surface area contributed by atoms with Crippen LogP contribution in [0.2, 0.25) is 0 Å². The van der Waals surface area contributed by atoms with Gasteiger partial charge in [-0.2, -0.15) is 0 Å². The first-order valence-electron chi connectivity index (χ1n) is 9.17. The van der Waals surface area contributed by atoms with E-state index in [1.165, 1.54) is 0 Å². The van der Waals surface area contributed by atoms with Gasteiger partial charge in [-0.05, 0) is 49.6 Å². The molecular formula is C22H25N3O2. The zero-order chi connectivity index (χ0) is 19.2. The maximum Gasteiger partial charge on any atom is 0.261 e. The summed E-state index contributed by atoms with van der Waals surface area (Å²) in [5.41, 5.74) is 3.14. The zero-order valence-corrected chi connectivity index (χ0v) is 16.0. The number of ether oxygens (including phenoxy) is 1. The van der Waals surface area contributed by atoms with E-state index in [1.54, 1.807) is 6.20 Å². The molecular weight excluding hydrogens is 338 g/mol. The van der Waals surface area contributed by atoms with E-state index >= 15 is 0 Å². The number of aromatic nitrogens is 2. The summed E-state index contributed by atoms with van der Waals surface area (Å²) in [7, 11) is 0. The number of rotatable bonds is 7. The van der Waals surface area contributed by atoms with Crippen molar-refractivity contribution >= 4 is 5.91 Å². The third-order valence-corrected chi connectivity index (χ3v) is 4.46. The summed E-state index contributed by atoms with van der Waals surface area (Å²) in [5.74, 6) is 1.51. The maximum absolute atomic E-state index is 12.6. The smallest absolute Gasteiger partial charge is 0.261 e. The van der Waals surface area contributed by atoms with Crippen LogP contribution in [0.1, 0.15) is 30.3 Å². The van der Waals surface area contributed by atoms with Gasteiger partial charge in [0.1, 0.15) is 11.6 Å². The first-order valence-corrected chi connectivity index (χ1v) is 9.17. The van der Waals surface area contributed by atoms with Crippen molar-refractivity contribution in [2.24, 2.45) is 0 Å². The summed E-state index contributed by atoms with van der Waals surface area (Å²) >= 11 is 0. The molecule has 1 N–H and O–H groups in total. The lowest BCUT2D eigenvalue weighted by Crippen LogP contribution is -2.37. The van der Waals surface area contributed by atoms with E-state index in [0.29, 0.717) is 18.7 Å². The monoisotopic (exact) mass is 363 g/mol. The van der Waals surface area contributed by atoms with Crippen molar-refractivity contribution in [2.75, 3.05) is 0 Å². The number of amides is 1. The summed E-state index contributed by atoms with van der Waals surface area (Å²) < 4.78 is 7.90. The van der Waals surface area contributed by atoms with Crippen molar-refractivity contribution < 1.29 is 9.53 Å². The minimum Gasteiger partial charge on any atom is -0.481 e. The molecule has 0 fully saturated rings. The van der Waals surface area contributed by atoms with E-state index in [9.17, 15) is 4.79 Å². The molecule has 1 heterocycles. The molecule has 0 saturated heterocycles. The number of nitrogens with zero attached hydrogens (tertiary/aromatic N) is 2. The number of imidazole rings is 1. The summed E-state index contributed by atoms with van der Waals surface area (Å²) in [6.07, 6.45) is 3.77. The topological polar surface area (TPSA) is 56.1 Å². The number of carbonyl (C=O) groups is 1. The molecule has 0 aliphatic rings. The van der Waals surface area contributed by atoms with Crippen molar-refractivity contribution in [3.05, 3.63) is 77.9 Å². The van der Waals surface area contributed by atoms with E-state index in [4.69, 9.17) is 4.74 Å². The predicted octanol–water partition coefficient (Wildman–Crippen LogP) is 3.96. The summed E-state index contributed by atoms with van der Waals surface area (Å²) in [6, 6.07) is 15.7. The Labute approximate surface area is 160 Å². The molecule has 0 spiro atoms. The lowest BCUT2D eigenvalue weighted by Gasteiger charge is -2.18. The van der Waals surface area contributed by atoms with Crippen LogP contribution >= 0.6 is 0 Å². The van der Waals surface area contributed by atoms with Crippen molar-refractivity contribution in [3.63, 3.8) is 0 Å². The lowest BCUT2D eigenvalue weighted by molar-refractivity contribution is -0.128. The number of hydrogen-bond acceptors (Lipinski definition) is 3. The quantitative estimate of drug-likeness (QED) is 0.691. The molecule has 0 aliphatic carbocycles. The predicted molar refractivity (Wildman–Crippen MR) is 106 cm³/mol. The first-order chi connectivity index (χ1) is 13.1. The standard InChI is InChI=1S/C22H25N3O2/c1-4-21(27-19-10-7-8-16(2)14-19)22(26)24-15-18-9-5-6-11-20(18)25-13-12-23-17(25)3/h5-14,21H,4,15H2,1-3H3,(H,24,26)/t21-/m1/s1. The molecule has 1 amide bonds. The van der Waals surface area contributed by atoms with Gasteiger partial charge in [-0.3, -0.25) is 4.79 Å². The summed E-state index contributed by atoms with van der Waals surface area (Å²) in [6.45, 7) is 6.34. The number of carbonyl (C=O) groups excluding carboxylic acids is 1. The van der Waals surface area contributed by atoms with E-state index in [0.717, 1.165) is 22.6 Å². The second-order valence-electron chi connectivity index (χ2n) is 6.52. The Bertz CT molecular complexity index is 917. The van der Waals surface area contributed by atoms with Gasteiger partial charge in [0.25, 0.3) is 5.91 Å². The van der Waals surface area contributed by atoms with Crippen LogP contribution in [0.25, 0.3) is 5.69 Å². The molecule has 0 aliphatic heterocycles. The van der Waals surface area contributed by atoms with Crippen LogP contribution in [0.15, 0.2) is 60.9 Å². The highest BCUT2D eigenvalue weighted by Gasteiger charge is 2.18. The fourth-order valence-electron chi connectivity index (χ4n) is 3.00. The fraction of sp³-hybridized carbons (Fsp3) is 0.273. The average molecular weight is 363 g/mol. The van der Waals surface area contributed by atoms with Crippen LogP contribution in [0.3, 0.4) is 0 Å². The Morgan fingerprint density at radius 3 is 2.70 bits per heavy atom. The number of para-hydroxylation sites is 1. The molecule has 5 nitrogen and oxygen atoms in total. The van der Waals surface area contributed by atoms with E-state index in [-0.39, 0.29) is 5.91 Å². The largest absolute Gasteiger partial charge is 0.481 e. The van der Waals surface area contributed by atoms with Gasteiger partial charge < -0.3 is 14.6 Å². The summed E-state index contributed by atoms with van der Waals surface area (Å²) in [4.78, 5) is 16.9. The molecule has 0 radical (unpaired) electrons. The second-order valence-corrected chi connectivity index (χ2v) is 6.52. The Morgan fingerprint density at radius 2 is 2.00 bits per heavy atom. The van der Waals surface area contributed by atoms with Crippen molar-refractivity contribution in [1.82, 2.24) is 14.9 Å². The van der Waals surface area contributed by atoms with Gasteiger partial charge >= 0.3 is 0 Å².